The smallest absolute Gasteiger partial charge is 0.164 e. The molecule has 1 aromatic rings. The molecule has 2 unspecified atom stereocenters. The average molecular weight is 324 g/mol. The molecular formula is C18H26ClNO2. The van der Waals surface area contributed by atoms with Crippen LogP contribution in [0.5, 0.6) is 11.5 Å². The molecule has 0 saturated carbocycles. The summed E-state index contributed by atoms with van der Waals surface area (Å²) in [6.07, 6.45) is 4.35. The number of methoxy groups -OCH3 is 2. The molecule has 0 spiro atoms. The molecule has 2 aliphatic rings. The van der Waals surface area contributed by atoms with Gasteiger partial charge in [0.15, 0.2) is 11.5 Å². The Morgan fingerprint density at radius 2 is 2.09 bits per heavy atom. The van der Waals surface area contributed by atoms with Crippen molar-refractivity contribution in [3.8, 4) is 11.5 Å². The number of likely N-dealkylation sites (tertiary alicyclic amines) is 1. The van der Waals surface area contributed by atoms with Crippen LogP contribution in [0.15, 0.2) is 18.7 Å². The summed E-state index contributed by atoms with van der Waals surface area (Å²) in [5, 5.41) is 0. The molecule has 1 aliphatic heterocycles. The summed E-state index contributed by atoms with van der Waals surface area (Å²) in [6, 6.07) is 2.14. The van der Waals surface area contributed by atoms with Crippen LogP contribution in [0.4, 0.5) is 0 Å². The van der Waals surface area contributed by atoms with E-state index in [-0.39, 0.29) is 12.4 Å². The molecule has 0 N–H and O–H groups in total. The van der Waals surface area contributed by atoms with Gasteiger partial charge in [-0.3, -0.25) is 4.90 Å². The molecule has 1 aliphatic carbocycles. The van der Waals surface area contributed by atoms with Crippen molar-refractivity contribution < 1.29 is 9.47 Å². The zero-order chi connectivity index (χ0) is 15.0. The highest BCUT2D eigenvalue weighted by molar-refractivity contribution is 5.85. The number of ether oxygens (including phenoxy) is 2. The lowest BCUT2D eigenvalue weighted by Crippen LogP contribution is -2.21. The summed E-state index contributed by atoms with van der Waals surface area (Å²) in [7, 11) is 3.47. The number of hydrogen-bond donors (Lipinski definition) is 0. The SMILES string of the molecule is C=CCN1CC2CCc3c(OC)c(OC)cc(C)c3C2C1.Cl. The van der Waals surface area contributed by atoms with Crippen LogP contribution in [-0.2, 0) is 6.42 Å². The van der Waals surface area contributed by atoms with Crippen LogP contribution < -0.4 is 9.47 Å². The van der Waals surface area contributed by atoms with Crippen molar-refractivity contribution in [2.75, 3.05) is 33.9 Å². The van der Waals surface area contributed by atoms with E-state index in [0.29, 0.717) is 5.92 Å². The fourth-order valence-corrected chi connectivity index (χ4v) is 4.23. The predicted octanol–water partition coefficient (Wildman–Crippen LogP) is 3.58. The first-order valence-electron chi connectivity index (χ1n) is 7.77. The van der Waals surface area contributed by atoms with Crippen LogP contribution in [0.2, 0.25) is 0 Å². The van der Waals surface area contributed by atoms with Crippen molar-refractivity contribution >= 4 is 12.4 Å². The number of benzene rings is 1. The standard InChI is InChI=1S/C18H25NO2.ClH/c1-5-8-19-10-13-6-7-14-17(15(13)11-19)12(2)9-16(20-3)18(14)21-4;/h5,9,13,15H,1,6-8,10-11H2,2-4H3;1H. The number of nitrogens with zero attached hydrogens (tertiary/aromatic N) is 1. The molecular weight excluding hydrogens is 298 g/mol. The summed E-state index contributed by atoms with van der Waals surface area (Å²) < 4.78 is 11.2. The number of halogens is 1. The number of hydrogen-bond acceptors (Lipinski definition) is 3. The highest BCUT2D eigenvalue weighted by Gasteiger charge is 2.39. The Bertz CT molecular complexity index is 559. The van der Waals surface area contributed by atoms with E-state index in [9.17, 15) is 0 Å². The third kappa shape index (κ3) is 2.72. The molecule has 1 fully saturated rings. The molecule has 0 aromatic heterocycles. The summed E-state index contributed by atoms with van der Waals surface area (Å²) in [5.41, 5.74) is 4.23. The second kappa shape index (κ2) is 6.93. The van der Waals surface area contributed by atoms with Gasteiger partial charge in [-0.05, 0) is 42.9 Å². The van der Waals surface area contributed by atoms with Crippen LogP contribution in [0.25, 0.3) is 0 Å². The molecule has 22 heavy (non-hydrogen) atoms. The minimum absolute atomic E-state index is 0. The van der Waals surface area contributed by atoms with Crippen LogP contribution in [0, 0.1) is 12.8 Å². The van der Waals surface area contributed by atoms with E-state index in [0.717, 1.165) is 36.9 Å². The normalized spacial score (nSPS) is 23.2. The minimum atomic E-state index is 0. The van der Waals surface area contributed by atoms with Gasteiger partial charge in [-0.15, -0.1) is 19.0 Å². The van der Waals surface area contributed by atoms with E-state index < -0.39 is 0 Å². The van der Waals surface area contributed by atoms with Crippen molar-refractivity contribution in [2.24, 2.45) is 5.92 Å². The Labute approximate surface area is 139 Å². The Kier molecular flexibility index (Phi) is 5.41. The van der Waals surface area contributed by atoms with Crippen molar-refractivity contribution in [1.82, 2.24) is 4.90 Å². The van der Waals surface area contributed by atoms with Gasteiger partial charge in [0.2, 0.25) is 0 Å². The van der Waals surface area contributed by atoms with E-state index >= 15 is 0 Å². The summed E-state index contributed by atoms with van der Waals surface area (Å²) in [4.78, 5) is 2.52. The zero-order valence-electron chi connectivity index (χ0n) is 13.7. The highest BCUT2D eigenvalue weighted by atomic mass is 35.5. The largest absolute Gasteiger partial charge is 0.493 e. The van der Waals surface area contributed by atoms with E-state index in [4.69, 9.17) is 9.47 Å². The van der Waals surface area contributed by atoms with Gasteiger partial charge < -0.3 is 9.47 Å². The van der Waals surface area contributed by atoms with Crippen LogP contribution in [0.3, 0.4) is 0 Å². The monoisotopic (exact) mass is 323 g/mol. The van der Waals surface area contributed by atoms with Crippen molar-refractivity contribution in [2.45, 2.75) is 25.7 Å². The molecule has 1 heterocycles. The maximum Gasteiger partial charge on any atom is 0.164 e. The van der Waals surface area contributed by atoms with Gasteiger partial charge >= 0.3 is 0 Å². The van der Waals surface area contributed by atoms with Gasteiger partial charge in [0.05, 0.1) is 14.2 Å². The Morgan fingerprint density at radius 3 is 2.73 bits per heavy atom. The third-order valence-electron chi connectivity index (χ3n) is 5.06. The van der Waals surface area contributed by atoms with E-state index in [1.165, 1.54) is 29.7 Å². The lowest BCUT2D eigenvalue weighted by atomic mass is 9.75. The molecule has 0 amide bonds. The molecule has 3 nitrogen and oxygen atoms in total. The number of aryl methyl sites for hydroxylation is 1. The topological polar surface area (TPSA) is 21.7 Å². The first-order valence-corrected chi connectivity index (χ1v) is 7.77. The second-order valence-electron chi connectivity index (χ2n) is 6.23. The van der Waals surface area contributed by atoms with E-state index in [1.807, 2.05) is 6.08 Å². The third-order valence-corrected chi connectivity index (χ3v) is 5.06. The van der Waals surface area contributed by atoms with E-state index in [1.54, 1.807) is 14.2 Å². The van der Waals surface area contributed by atoms with Crippen LogP contribution >= 0.6 is 12.4 Å². The molecule has 1 aromatic carbocycles. The fraction of sp³-hybridized carbons (Fsp3) is 0.556. The first kappa shape index (κ1) is 17.2. The van der Waals surface area contributed by atoms with Gasteiger partial charge in [0, 0.05) is 31.1 Å². The fourth-order valence-electron chi connectivity index (χ4n) is 4.23. The number of fused-ring (bicyclic) bond motifs is 3. The van der Waals surface area contributed by atoms with Crippen LogP contribution in [0.1, 0.15) is 29.0 Å². The zero-order valence-corrected chi connectivity index (χ0v) is 14.5. The van der Waals surface area contributed by atoms with Gasteiger partial charge in [0.25, 0.3) is 0 Å². The van der Waals surface area contributed by atoms with Gasteiger partial charge in [0.1, 0.15) is 0 Å². The second-order valence-corrected chi connectivity index (χ2v) is 6.23. The average Bonchev–Trinajstić information content (AvgIpc) is 2.89. The molecule has 0 bridgehead atoms. The Morgan fingerprint density at radius 1 is 1.32 bits per heavy atom. The maximum atomic E-state index is 5.66. The lowest BCUT2D eigenvalue weighted by Gasteiger charge is -2.31. The summed E-state index contributed by atoms with van der Waals surface area (Å²) in [6.45, 7) is 9.41. The van der Waals surface area contributed by atoms with E-state index in [2.05, 4.69) is 24.5 Å². The Balaban J connectivity index is 0.00000176. The molecule has 1 saturated heterocycles. The molecule has 3 rings (SSSR count). The maximum absolute atomic E-state index is 5.66. The van der Waals surface area contributed by atoms with Crippen molar-refractivity contribution in [3.05, 3.63) is 35.4 Å². The first-order chi connectivity index (χ1) is 10.2. The van der Waals surface area contributed by atoms with Gasteiger partial charge in [-0.25, -0.2) is 0 Å². The molecule has 122 valence electrons. The Hall–Kier alpha value is -1.19. The molecule has 0 radical (unpaired) electrons. The van der Waals surface area contributed by atoms with Gasteiger partial charge in [-0.2, -0.15) is 0 Å². The van der Waals surface area contributed by atoms with Crippen molar-refractivity contribution in [3.63, 3.8) is 0 Å². The number of rotatable bonds is 4. The quantitative estimate of drug-likeness (QED) is 0.791. The summed E-state index contributed by atoms with van der Waals surface area (Å²) in [5.74, 6) is 3.22. The predicted molar refractivity (Wildman–Crippen MR) is 92.7 cm³/mol. The minimum Gasteiger partial charge on any atom is -0.493 e. The van der Waals surface area contributed by atoms with Crippen molar-refractivity contribution in [1.29, 1.82) is 0 Å². The van der Waals surface area contributed by atoms with Crippen LogP contribution in [-0.4, -0.2) is 38.8 Å². The highest BCUT2D eigenvalue weighted by Crippen LogP contribution is 2.48. The molecule has 4 heteroatoms. The summed E-state index contributed by atoms with van der Waals surface area (Å²) >= 11 is 0. The molecule has 2 atom stereocenters. The lowest BCUT2D eigenvalue weighted by molar-refractivity contribution is 0.341. The van der Waals surface area contributed by atoms with Gasteiger partial charge in [-0.1, -0.05) is 6.08 Å².